The number of halogens is 1. The maximum Gasteiger partial charge on any atom is 0.257 e. The topological polar surface area (TPSA) is 83.5 Å². The summed E-state index contributed by atoms with van der Waals surface area (Å²) in [4.78, 5) is 24.0. The smallest absolute Gasteiger partial charge is 0.257 e. The van der Waals surface area contributed by atoms with Gasteiger partial charge in [-0.15, -0.1) is 0 Å². The zero-order chi connectivity index (χ0) is 19.6. The fourth-order valence-electron chi connectivity index (χ4n) is 2.90. The molecular formula is C19H19ClN2O4S. The van der Waals surface area contributed by atoms with E-state index in [1.54, 1.807) is 24.3 Å². The van der Waals surface area contributed by atoms with Gasteiger partial charge < -0.3 is 5.32 Å². The molecule has 142 valence electrons. The van der Waals surface area contributed by atoms with Crippen LogP contribution < -0.4 is 5.32 Å². The third-order valence-electron chi connectivity index (χ3n) is 4.43. The highest BCUT2D eigenvalue weighted by Gasteiger charge is 2.28. The van der Waals surface area contributed by atoms with E-state index in [0.29, 0.717) is 24.3 Å². The van der Waals surface area contributed by atoms with Crippen molar-refractivity contribution in [1.82, 2.24) is 4.31 Å². The molecule has 1 amide bonds. The number of benzene rings is 2. The fraction of sp³-hybridized carbons (Fsp3) is 0.263. The Bertz CT molecular complexity index is 981. The van der Waals surface area contributed by atoms with Gasteiger partial charge in [0.25, 0.3) is 5.91 Å². The molecule has 0 unspecified atom stereocenters. The summed E-state index contributed by atoms with van der Waals surface area (Å²) in [5, 5.41) is 2.83. The number of rotatable bonds is 5. The summed E-state index contributed by atoms with van der Waals surface area (Å²) in [5.41, 5.74) is 1.09. The van der Waals surface area contributed by atoms with E-state index in [-0.39, 0.29) is 21.3 Å². The minimum Gasteiger partial charge on any atom is -0.322 e. The van der Waals surface area contributed by atoms with Gasteiger partial charge in [-0.25, -0.2) is 8.42 Å². The van der Waals surface area contributed by atoms with Gasteiger partial charge in [-0.1, -0.05) is 11.6 Å². The molecule has 1 heterocycles. The van der Waals surface area contributed by atoms with Crippen LogP contribution in [-0.2, 0) is 10.0 Å². The van der Waals surface area contributed by atoms with Gasteiger partial charge in [-0.2, -0.15) is 4.31 Å². The second-order valence-corrected chi connectivity index (χ2v) is 8.69. The highest BCUT2D eigenvalue weighted by Crippen LogP contribution is 2.26. The summed E-state index contributed by atoms with van der Waals surface area (Å²) < 4.78 is 26.8. The second kappa shape index (κ2) is 7.80. The Balaban J connectivity index is 1.85. The summed E-state index contributed by atoms with van der Waals surface area (Å²) in [7, 11) is -3.64. The number of nitrogens with zero attached hydrogens (tertiary/aromatic N) is 1. The van der Waals surface area contributed by atoms with Gasteiger partial charge in [0.1, 0.15) is 0 Å². The minimum absolute atomic E-state index is 0.0471. The molecule has 1 aliphatic rings. The van der Waals surface area contributed by atoms with E-state index >= 15 is 0 Å². The van der Waals surface area contributed by atoms with Crippen molar-refractivity contribution in [3.8, 4) is 0 Å². The molecule has 0 aromatic heterocycles. The lowest BCUT2D eigenvalue weighted by Gasteiger charge is -2.16. The Hall–Kier alpha value is -2.22. The number of ketones is 1. The van der Waals surface area contributed by atoms with Gasteiger partial charge in [0, 0.05) is 24.3 Å². The van der Waals surface area contributed by atoms with Crippen LogP contribution in [0.5, 0.6) is 0 Å². The normalized spacial score (nSPS) is 14.9. The maximum atomic E-state index is 12.7. The Morgan fingerprint density at radius 2 is 1.67 bits per heavy atom. The van der Waals surface area contributed by atoms with E-state index in [2.05, 4.69) is 5.32 Å². The predicted molar refractivity (Wildman–Crippen MR) is 104 cm³/mol. The lowest BCUT2D eigenvalue weighted by Crippen LogP contribution is -2.28. The number of Topliss-reactive ketones (excluding diaryl/α,β-unsaturated/α-hetero) is 1. The number of sulfonamides is 1. The van der Waals surface area contributed by atoms with Gasteiger partial charge in [-0.3, -0.25) is 9.59 Å². The number of nitrogens with one attached hydrogen (secondary N) is 1. The van der Waals surface area contributed by atoms with Crippen molar-refractivity contribution < 1.29 is 18.0 Å². The third-order valence-corrected chi connectivity index (χ3v) is 6.66. The molecule has 0 bridgehead atoms. The highest BCUT2D eigenvalue weighted by molar-refractivity contribution is 7.89. The first kappa shape index (κ1) is 19.5. The molecule has 6 nitrogen and oxygen atoms in total. The number of hydrogen-bond donors (Lipinski definition) is 1. The standard InChI is InChI=1S/C19H19ClN2O4S/c1-13(23)14-4-6-15(7-5-14)21-19(24)17-12-16(8-9-18(17)20)27(25,26)22-10-2-3-11-22/h4-9,12H,2-3,10-11H2,1H3,(H,21,24). The summed E-state index contributed by atoms with van der Waals surface area (Å²) in [5.74, 6) is -0.593. The van der Waals surface area contributed by atoms with Crippen molar-refractivity contribution in [1.29, 1.82) is 0 Å². The molecule has 0 saturated carbocycles. The van der Waals surface area contributed by atoms with Gasteiger partial charge in [0.05, 0.1) is 15.5 Å². The molecule has 0 spiro atoms. The average Bonchev–Trinajstić information content (AvgIpc) is 3.18. The molecule has 1 saturated heterocycles. The van der Waals surface area contributed by atoms with Crippen molar-refractivity contribution in [3.05, 3.63) is 58.6 Å². The molecular weight excluding hydrogens is 388 g/mol. The number of carbonyl (C=O) groups is 2. The summed E-state index contributed by atoms with van der Waals surface area (Å²) in [6.07, 6.45) is 1.66. The minimum atomic E-state index is -3.64. The van der Waals surface area contributed by atoms with E-state index < -0.39 is 15.9 Å². The van der Waals surface area contributed by atoms with Crippen LogP contribution in [-0.4, -0.2) is 37.5 Å². The van der Waals surface area contributed by atoms with Crippen LogP contribution in [0.3, 0.4) is 0 Å². The number of anilines is 1. The lowest BCUT2D eigenvalue weighted by atomic mass is 10.1. The van der Waals surface area contributed by atoms with E-state index in [4.69, 9.17) is 11.6 Å². The molecule has 1 N–H and O–H groups in total. The molecule has 1 aliphatic heterocycles. The van der Waals surface area contributed by atoms with Crippen LogP contribution in [0.2, 0.25) is 5.02 Å². The Kier molecular flexibility index (Phi) is 5.64. The van der Waals surface area contributed by atoms with Crippen LogP contribution in [0.25, 0.3) is 0 Å². The van der Waals surface area contributed by atoms with Crippen LogP contribution in [0.1, 0.15) is 40.5 Å². The van der Waals surface area contributed by atoms with Gasteiger partial charge in [0.2, 0.25) is 10.0 Å². The highest BCUT2D eigenvalue weighted by atomic mass is 35.5. The molecule has 8 heteroatoms. The lowest BCUT2D eigenvalue weighted by molar-refractivity contribution is 0.101. The molecule has 2 aromatic rings. The fourth-order valence-corrected chi connectivity index (χ4v) is 4.65. The molecule has 1 fully saturated rings. The van der Waals surface area contributed by atoms with Crippen molar-refractivity contribution in [2.45, 2.75) is 24.7 Å². The SMILES string of the molecule is CC(=O)c1ccc(NC(=O)c2cc(S(=O)(=O)N3CCCC3)ccc2Cl)cc1. The molecule has 0 radical (unpaired) electrons. The zero-order valence-corrected chi connectivity index (χ0v) is 16.3. The van der Waals surface area contributed by atoms with Crippen molar-refractivity contribution in [2.75, 3.05) is 18.4 Å². The van der Waals surface area contributed by atoms with Crippen molar-refractivity contribution >= 4 is 39.0 Å². The van der Waals surface area contributed by atoms with Gasteiger partial charge in [-0.05, 0) is 62.2 Å². The average molecular weight is 407 g/mol. The molecule has 0 aliphatic carbocycles. The van der Waals surface area contributed by atoms with E-state index in [1.807, 2.05) is 0 Å². The third kappa shape index (κ3) is 4.21. The summed E-state index contributed by atoms with van der Waals surface area (Å²) in [6, 6.07) is 10.5. The Labute approximate surface area is 163 Å². The first-order chi connectivity index (χ1) is 12.8. The monoisotopic (exact) mass is 406 g/mol. The first-order valence-corrected chi connectivity index (χ1v) is 10.3. The molecule has 3 rings (SSSR count). The van der Waals surface area contributed by atoms with Crippen LogP contribution in [0, 0.1) is 0 Å². The predicted octanol–water partition coefficient (Wildman–Crippen LogP) is 3.58. The second-order valence-electron chi connectivity index (χ2n) is 6.34. The Morgan fingerprint density at radius 1 is 1.04 bits per heavy atom. The number of carbonyl (C=O) groups excluding carboxylic acids is 2. The van der Waals surface area contributed by atoms with E-state index in [0.717, 1.165) is 12.8 Å². The molecule has 0 atom stereocenters. The maximum absolute atomic E-state index is 12.7. The quantitative estimate of drug-likeness (QED) is 0.769. The van der Waals surface area contributed by atoms with Crippen LogP contribution in [0.4, 0.5) is 5.69 Å². The molecule has 27 heavy (non-hydrogen) atoms. The first-order valence-electron chi connectivity index (χ1n) is 8.51. The van der Waals surface area contributed by atoms with E-state index in [9.17, 15) is 18.0 Å². The Morgan fingerprint density at radius 3 is 2.26 bits per heavy atom. The zero-order valence-electron chi connectivity index (χ0n) is 14.7. The van der Waals surface area contributed by atoms with Crippen molar-refractivity contribution in [2.24, 2.45) is 0 Å². The van der Waals surface area contributed by atoms with E-state index in [1.165, 1.54) is 29.4 Å². The molecule has 2 aromatic carbocycles. The summed E-state index contributed by atoms with van der Waals surface area (Å²) >= 11 is 6.12. The largest absolute Gasteiger partial charge is 0.322 e. The van der Waals surface area contributed by atoms with Gasteiger partial charge in [0.15, 0.2) is 5.78 Å². The number of hydrogen-bond acceptors (Lipinski definition) is 4. The number of amides is 1. The van der Waals surface area contributed by atoms with Crippen molar-refractivity contribution in [3.63, 3.8) is 0 Å². The van der Waals surface area contributed by atoms with Crippen LogP contribution >= 0.6 is 11.6 Å². The summed E-state index contributed by atoms with van der Waals surface area (Å²) in [6.45, 7) is 2.42. The van der Waals surface area contributed by atoms with Gasteiger partial charge >= 0.3 is 0 Å². The van der Waals surface area contributed by atoms with Crippen LogP contribution in [0.15, 0.2) is 47.4 Å².